The molecule has 0 fully saturated rings. The van der Waals surface area contributed by atoms with Crippen LogP contribution in [0.5, 0.6) is 0 Å². The summed E-state index contributed by atoms with van der Waals surface area (Å²) in [6.07, 6.45) is 3.99. The summed E-state index contributed by atoms with van der Waals surface area (Å²) in [6.45, 7) is 6.08. The van der Waals surface area contributed by atoms with Gasteiger partial charge in [0.1, 0.15) is 0 Å². The molecular formula is C36H28O. The highest BCUT2D eigenvalue weighted by atomic mass is 16.1. The van der Waals surface area contributed by atoms with Gasteiger partial charge in [0.25, 0.3) is 0 Å². The number of allylic oxidation sites excluding steroid dienone is 3. The molecule has 0 saturated heterocycles. The maximum atomic E-state index is 13.3. The predicted octanol–water partition coefficient (Wildman–Crippen LogP) is 9.51. The molecule has 0 spiro atoms. The molecule has 0 radical (unpaired) electrons. The molecule has 37 heavy (non-hydrogen) atoms. The van der Waals surface area contributed by atoms with Crippen molar-refractivity contribution in [1.82, 2.24) is 0 Å². The molecule has 0 atom stereocenters. The van der Waals surface area contributed by atoms with Crippen LogP contribution in [0.4, 0.5) is 0 Å². The van der Waals surface area contributed by atoms with E-state index in [0.29, 0.717) is 11.1 Å². The summed E-state index contributed by atoms with van der Waals surface area (Å²) in [5, 5.41) is 0. The van der Waals surface area contributed by atoms with Crippen LogP contribution in [0.15, 0.2) is 146 Å². The molecule has 0 amide bonds. The van der Waals surface area contributed by atoms with Crippen molar-refractivity contribution in [3.8, 4) is 33.4 Å². The molecule has 5 aromatic rings. The van der Waals surface area contributed by atoms with Crippen LogP contribution in [-0.2, 0) is 0 Å². The van der Waals surface area contributed by atoms with Crippen molar-refractivity contribution < 1.29 is 4.79 Å². The van der Waals surface area contributed by atoms with Crippen LogP contribution in [0.1, 0.15) is 28.4 Å². The first-order valence-electron chi connectivity index (χ1n) is 12.5. The van der Waals surface area contributed by atoms with Gasteiger partial charge in [0, 0.05) is 11.1 Å². The SMILES string of the molecule is C=CC(=CC)c1cc(-c2ccccc2)c(-c2cccc(C(=O)c3ccccc3)c2)c(-c2ccccc2)c1. The maximum Gasteiger partial charge on any atom is 0.193 e. The minimum absolute atomic E-state index is 0.0180. The Kier molecular flexibility index (Phi) is 7.05. The summed E-state index contributed by atoms with van der Waals surface area (Å²) in [5.41, 5.74) is 10.1. The zero-order valence-corrected chi connectivity index (χ0v) is 20.9. The summed E-state index contributed by atoms with van der Waals surface area (Å²) in [4.78, 5) is 13.3. The molecular weight excluding hydrogens is 448 g/mol. The smallest absolute Gasteiger partial charge is 0.193 e. The van der Waals surface area contributed by atoms with Crippen molar-refractivity contribution >= 4 is 11.4 Å². The Labute approximate surface area is 219 Å². The van der Waals surface area contributed by atoms with E-state index in [4.69, 9.17) is 0 Å². The van der Waals surface area contributed by atoms with Gasteiger partial charge in [-0.25, -0.2) is 0 Å². The van der Waals surface area contributed by atoms with Crippen LogP contribution in [0.25, 0.3) is 39.0 Å². The summed E-state index contributed by atoms with van der Waals surface area (Å²) in [5.74, 6) is 0.0180. The number of rotatable bonds is 7. The van der Waals surface area contributed by atoms with Crippen molar-refractivity contribution in [2.45, 2.75) is 6.92 Å². The first-order chi connectivity index (χ1) is 18.2. The lowest BCUT2D eigenvalue weighted by Gasteiger charge is -2.20. The molecule has 0 aliphatic rings. The molecule has 5 aromatic carbocycles. The summed E-state index contributed by atoms with van der Waals surface area (Å²) in [6, 6.07) is 42.8. The van der Waals surface area contributed by atoms with E-state index in [-0.39, 0.29) is 5.78 Å². The lowest BCUT2D eigenvalue weighted by molar-refractivity contribution is 0.103. The van der Waals surface area contributed by atoms with Gasteiger partial charge < -0.3 is 0 Å². The third kappa shape index (κ3) is 4.98. The molecule has 0 aromatic heterocycles. The van der Waals surface area contributed by atoms with Crippen molar-refractivity contribution in [3.63, 3.8) is 0 Å². The third-order valence-corrected chi connectivity index (χ3v) is 6.62. The Hall–Kier alpha value is -4.75. The van der Waals surface area contributed by atoms with Crippen LogP contribution in [0.3, 0.4) is 0 Å². The van der Waals surface area contributed by atoms with Gasteiger partial charge in [0.15, 0.2) is 5.78 Å². The number of carbonyl (C=O) groups is 1. The molecule has 0 saturated carbocycles. The highest BCUT2D eigenvalue weighted by Crippen LogP contribution is 2.42. The van der Waals surface area contributed by atoms with E-state index in [1.54, 1.807) is 0 Å². The van der Waals surface area contributed by atoms with Gasteiger partial charge >= 0.3 is 0 Å². The normalized spacial score (nSPS) is 11.2. The Morgan fingerprint density at radius 3 is 1.57 bits per heavy atom. The zero-order chi connectivity index (χ0) is 25.6. The monoisotopic (exact) mass is 476 g/mol. The topological polar surface area (TPSA) is 17.1 Å². The first kappa shape index (κ1) is 24.0. The predicted molar refractivity (Wildman–Crippen MR) is 156 cm³/mol. The minimum Gasteiger partial charge on any atom is -0.289 e. The Morgan fingerprint density at radius 2 is 1.05 bits per heavy atom. The van der Waals surface area contributed by atoms with E-state index in [1.165, 1.54) is 0 Å². The average molecular weight is 477 g/mol. The first-order valence-corrected chi connectivity index (χ1v) is 12.5. The van der Waals surface area contributed by atoms with E-state index >= 15 is 0 Å². The van der Waals surface area contributed by atoms with Gasteiger partial charge in [-0.1, -0.05) is 128 Å². The molecule has 0 N–H and O–H groups in total. The van der Waals surface area contributed by atoms with Gasteiger partial charge in [-0.3, -0.25) is 4.79 Å². The molecule has 0 unspecified atom stereocenters. The molecule has 0 aliphatic heterocycles. The van der Waals surface area contributed by atoms with Gasteiger partial charge in [0.2, 0.25) is 0 Å². The largest absolute Gasteiger partial charge is 0.289 e. The van der Waals surface area contributed by atoms with Gasteiger partial charge in [-0.15, -0.1) is 0 Å². The van der Waals surface area contributed by atoms with Crippen molar-refractivity contribution in [2.75, 3.05) is 0 Å². The fraction of sp³-hybridized carbons (Fsp3) is 0.0278. The number of carbonyl (C=O) groups excluding carboxylic acids is 1. The second-order valence-electron chi connectivity index (χ2n) is 8.90. The van der Waals surface area contributed by atoms with E-state index in [0.717, 1.165) is 44.5 Å². The lowest BCUT2D eigenvalue weighted by atomic mass is 9.84. The second kappa shape index (κ2) is 10.9. The second-order valence-corrected chi connectivity index (χ2v) is 8.90. The van der Waals surface area contributed by atoms with Crippen LogP contribution in [-0.4, -0.2) is 5.78 Å². The molecule has 0 bridgehead atoms. The Balaban J connectivity index is 1.81. The average Bonchev–Trinajstić information content (AvgIpc) is 2.98. The lowest BCUT2D eigenvalue weighted by Crippen LogP contribution is -2.01. The standard InChI is InChI=1S/C36H28O/c1-3-26(4-2)32-24-33(27-15-8-5-9-16-27)35(34(25-32)28-17-10-6-11-18-28)30-21-14-22-31(23-30)36(37)29-19-12-7-13-20-29/h3-25H,1H2,2H3. The van der Waals surface area contributed by atoms with E-state index in [2.05, 4.69) is 79.4 Å². The highest BCUT2D eigenvalue weighted by Gasteiger charge is 2.18. The van der Waals surface area contributed by atoms with E-state index < -0.39 is 0 Å². The van der Waals surface area contributed by atoms with Crippen molar-refractivity contribution in [2.24, 2.45) is 0 Å². The summed E-state index contributed by atoms with van der Waals surface area (Å²) in [7, 11) is 0. The van der Waals surface area contributed by atoms with Crippen LogP contribution in [0.2, 0.25) is 0 Å². The molecule has 178 valence electrons. The van der Waals surface area contributed by atoms with E-state index in [9.17, 15) is 4.79 Å². The highest BCUT2D eigenvalue weighted by molar-refractivity contribution is 6.10. The fourth-order valence-electron chi connectivity index (χ4n) is 4.79. The molecule has 1 heteroatoms. The Morgan fingerprint density at radius 1 is 0.568 bits per heavy atom. The summed E-state index contributed by atoms with van der Waals surface area (Å²) < 4.78 is 0. The van der Waals surface area contributed by atoms with Gasteiger partial charge in [-0.2, -0.15) is 0 Å². The summed E-state index contributed by atoms with van der Waals surface area (Å²) >= 11 is 0. The van der Waals surface area contributed by atoms with Crippen molar-refractivity contribution in [3.05, 3.63) is 163 Å². The van der Waals surface area contributed by atoms with Crippen LogP contribution >= 0.6 is 0 Å². The number of hydrogen-bond acceptors (Lipinski definition) is 1. The molecule has 0 aliphatic carbocycles. The molecule has 0 heterocycles. The van der Waals surface area contributed by atoms with Gasteiger partial charge in [0.05, 0.1) is 0 Å². The number of benzene rings is 5. The van der Waals surface area contributed by atoms with Crippen LogP contribution < -0.4 is 0 Å². The van der Waals surface area contributed by atoms with Crippen LogP contribution in [0, 0.1) is 0 Å². The number of hydrogen-bond donors (Lipinski definition) is 0. The maximum absolute atomic E-state index is 13.3. The van der Waals surface area contributed by atoms with Crippen molar-refractivity contribution in [1.29, 1.82) is 0 Å². The fourth-order valence-corrected chi connectivity index (χ4v) is 4.79. The molecule has 5 rings (SSSR count). The van der Waals surface area contributed by atoms with E-state index in [1.807, 2.05) is 73.7 Å². The minimum atomic E-state index is 0.0180. The zero-order valence-electron chi connectivity index (χ0n) is 20.9. The van der Waals surface area contributed by atoms with Gasteiger partial charge in [-0.05, 0) is 69.6 Å². The third-order valence-electron chi connectivity index (χ3n) is 6.62. The Bertz CT molecular complexity index is 1520. The molecule has 1 nitrogen and oxygen atoms in total. The number of ketones is 1. The quantitative estimate of drug-likeness (QED) is 0.169.